The molecule has 0 aromatic heterocycles. The summed E-state index contributed by atoms with van der Waals surface area (Å²) >= 11 is 0. The zero-order valence-electron chi connectivity index (χ0n) is 13.2. The van der Waals surface area contributed by atoms with E-state index >= 15 is 0 Å². The molecule has 0 radical (unpaired) electrons. The molecule has 0 saturated carbocycles. The van der Waals surface area contributed by atoms with Crippen LogP contribution in [-0.2, 0) is 14.8 Å². The first-order chi connectivity index (χ1) is 9.75. The highest BCUT2D eigenvalue weighted by Gasteiger charge is 2.17. The lowest BCUT2D eigenvalue weighted by molar-refractivity contribution is 0.104. The summed E-state index contributed by atoms with van der Waals surface area (Å²) in [6.07, 6.45) is 0. The molecule has 0 aliphatic heterocycles. The van der Waals surface area contributed by atoms with Crippen LogP contribution in [0.2, 0.25) is 0 Å². The third-order valence-electron chi connectivity index (χ3n) is 3.48. The molecule has 0 bridgehead atoms. The second-order valence-electron chi connectivity index (χ2n) is 5.51. The van der Waals surface area contributed by atoms with E-state index in [0.29, 0.717) is 19.1 Å². The Labute approximate surface area is 127 Å². The Morgan fingerprint density at radius 1 is 1.19 bits per heavy atom. The summed E-state index contributed by atoms with van der Waals surface area (Å²) in [6, 6.07) is 7.00. The highest BCUT2D eigenvalue weighted by molar-refractivity contribution is 7.89. The molecule has 21 heavy (non-hydrogen) atoms. The molecule has 0 aliphatic rings. The minimum atomic E-state index is -3.63. The molecular weight excluding hydrogens is 288 g/mol. The van der Waals surface area contributed by atoms with Crippen molar-refractivity contribution in [1.29, 1.82) is 0 Å². The number of hydrogen-bond acceptors (Lipinski definition) is 4. The predicted octanol–water partition coefficient (Wildman–Crippen LogP) is 2.05. The van der Waals surface area contributed by atoms with Gasteiger partial charge in [0.2, 0.25) is 10.0 Å². The van der Waals surface area contributed by atoms with Crippen LogP contribution in [0.5, 0.6) is 0 Å². The Morgan fingerprint density at radius 3 is 2.19 bits per heavy atom. The highest BCUT2D eigenvalue weighted by Crippen LogP contribution is 2.17. The SMILES string of the molecule is CCOCC(NC(C)c1ccc(S(N)(=O)=O)cc1)C(C)C. The maximum Gasteiger partial charge on any atom is 0.238 e. The van der Waals surface area contributed by atoms with E-state index < -0.39 is 10.0 Å². The van der Waals surface area contributed by atoms with Gasteiger partial charge in [-0.1, -0.05) is 26.0 Å². The van der Waals surface area contributed by atoms with Crippen LogP contribution < -0.4 is 10.5 Å². The number of rotatable bonds is 8. The van der Waals surface area contributed by atoms with Crippen LogP contribution in [-0.4, -0.2) is 27.7 Å². The smallest absolute Gasteiger partial charge is 0.238 e. The summed E-state index contributed by atoms with van der Waals surface area (Å²) in [5.41, 5.74) is 1.02. The van der Waals surface area contributed by atoms with Gasteiger partial charge in [0, 0.05) is 18.7 Å². The molecule has 1 aromatic rings. The van der Waals surface area contributed by atoms with E-state index in [4.69, 9.17) is 9.88 Å². The number of primary sulfonamides is 1. The van der Waals surface area contributed by atoms with Gasteiger partial charge in [-0.05, 0) is 37.5 Å². The average Bonchev–Trinajstić information content (AvgIpc) is 2.42. The van der Waals surface area contributed by atoms with Crippen molar-refractivity contribution in [1.82, 2.24) is 5.32 Å². The number of nitrogens with two attached hydrogens (primary N) is 1. The molecule has 0 fully saturated rings. The third-order valence-corrected chi connectivity index (χ3v) is 4.41. The van der Waals surface area contributed by atoms with Crippen molar-refractivity contribution >= 4 is 10.0 Å². The van der Waals surface area contributed by atoms with E-state index in [1.165, 1.54) is 12.1 Å². The number of hydrogen-bond donors (Lipinski definition) is 2. The van der Waals surface area contributed by atoms with Crippen LogP contribution >= 0.6 is 0 Å². The van der Waals surface area contributed by atoms with E-state index in [9.17, 15) is 8.42 Å². The first-order valence-corrected chi connectivity index (χ1v) is 8.76. The first kappa shape index (κ1) is 18.1. The fourth-order valence-corrected chi connectivity index (χ4v) is 2.56. The molecule has 6 heteroatoms. The van der Waals surface area contributed by atoms with Crippen LogP contribution in [0.3, 0.4) is 0 Å². The largest absolute Gasteiger partial charge is 0.380 e. The second kappa shape index (κ2) is 7.89. The zero-order chi connectivity index (χ0) is 16.0. The van der Waals surface area contributed by atoms with E-state index in [-0.39, 0.29) is 17.0 Å². The summed E-state index contributed by atoms with van der Waals surface area (Å²) in [6.45, 7) is 9.68. The van der Waals surface area contributed by atoms with Gasteiger partial charge in [0.1, 0.15) is 0 Å². The topological polar surface area (TPSA) is 81.4 Å². The van der Waals surface area contributed by atoms with Gasteiger partial charge < -0.3 is 10.1 Å². The molecule has 0 aliphatic carbocycles. The molecule has 0 amide bonds. The Kier molecular flexibility index (Phi) is 6.80. The standard InChI is InChI=1S/C15H26N2O3S/c1-5-20-10-15(11(2)3)17-12(4)13-6-8-14(9-7-13)21(16,18)19/h6-9,11-12,15,17H,5,10H2,1-4H3,(H2,16,18,19). The molecule has 3 N–H and O–H groups in total. The van der Waals surface area contributed by atoms with Gasteiger partial charge in [0.05, 0.1) is 11.5 Å². The van der Waals surface area contributed by atoms with Gasteiger partial charge in [0.25, 0.3) is 0 Å². The van der Waals surface area contributed by atoms with Gasteiger partial charge in [-0.2, -0.15) is 0 Å². The van der Waals surface area contributed by atoms with Crippen LogP contribution in [0.4, 0.5) is 0 Å². The molecule has 5 nitrogen and oxygen atoms in total. The lowest BCUT2D eigenvalue weighted by Gasteiger charge is -2.26. The summed E-state index contributed by atoms with van der Waals surface area (Å²) in [4.78, 5) is 0.133. The molecule has 1 aromatic carbocycles. The van der Waals surface area contributed by atoms with Crippen molar-refractivity contribution < 1.29 is 13.2 Å². The fraction of sp³-hybridized carbons (Fsp3) is 0.600. The molecule has 0 heterocycles. The second-order valence-corrected chi connectivity index (χ2v) is 7.07. The Hall–Kier alpha value is -0.950. The molecule has 2 atom stereocenters. The quantitative estimate of drug-likeness (QED) is 0.769. The summed E-state index contributed by atoms with van der Waals surface area (Å²) in [5.74, 6) is 0.447. The number of sulfonamides is 1. The third kappa shape index (κ3) is 5.74. The molecular formula is C15H26N2O3S. The Morgan fingerprint density at radius 2 is 1.76 bits per heavy atom. The van der Waals surface area contributed by atoms with Crippen LogP contribution in [0.1, 0.15) is 39.3 Å². The lowest BCUT2D eigenvalue weighted by Crippen LogP contribution is -2.39. The monoisotopic (exact) mass is 314 g/mol. The maximum atomic E-state index is 11.2. The van der Waals surface area contributed by atoms with Crippen molar-refractivity contribution in [3.8, 4) is 0 Å². The van der Waals surface area contributed by atoms with E-state index in [1.807, 2.05) is 13.8 Å². The highest BCUT2D eigenvalue weighted by atomic mass is 32.2. The molecule has 1 rings (SSSR count). The van der Waals surface area contributed by atoms with E-state index in [2.05, 4.69) is 19.2 Å². The van der Waals surface area contributed by atoms with Crippen molar-refractivity contribution in [2.45, 2.75) is 44.7 Å². The van der Waals surface area contributed by atoms with Crippen molar-refractivity contribution in [3.05, 3.63) is 29.8 Å². The van der Waals surface area contributed by atoms with Crippen LogP contribution in [0, 0.1) is 5.92 Å². The predicted molar refractivity (Wildman–Crippen MR) is 84.5 cm³/mol. The molecule has 120 valence electrons. The molecule has 0 spiro atoms. The van der Waals surface area contributed by atoms with Gasteiger partial charge in [0.15, 0.2) is 0 Å². The molecule has 0 saturated heterocycles. The minimum absolute atomic E-state index is 0.104. The Bertz CT molecular complexity index is 526. The van der Waals surface area contributed by atoms with Gasteiger partial charge in [-0.15, -0.1) is 0 Å². The van der Waals surface area contributed by atoms with Crippen LogP contribution in [0.25, 0.3) is 0 Å². The number of nitrogens with one attached hydrogen (secondary N) is 1. The van der Waals surface area contributed by atoms with E-state index in [0.717, 1.165) is 5.56 Å². The average molecular weight is 314 g/mol. The summed E-state index contributed by atoms with van der Waals surface area (Å²) < 4.78 is 28.0. The molecule has 2 unspecified atom stereocenters. The summed E-state index contributed by atoms with van der Waals surface area (Å²) in [7, 11) is -3.63. The van der Waals surface area contributed by atoms with Crippen LogP contribution in [0.15, 0.2) is 29.2 Å². The van der Waals surface area contributed by atoms with Gasteiger partial charge >= 0.3 is 0 Å². The van der Waals surface area contributed by atoms with Gasteiger partial charge in [-0.3, -0.25) is 0 Å². The fourth-order valence-electron chi connectivity index (χ4n) is 2.04. The van der Waals surface area contributed by atoms with Gasteiger partial charge in [-0.25, -0.2) is 13.6 Å². The minimum Gasteiger partial charge on any atom is -0.380 e. The first-order valence-electron chi connectivity index (χ1n) is 7.22. The van der Waals surface area contributed by atoms with Crippen molar-refractivity contribution in [2.75, 3.05) is 13.2 Å². The maximum absolute atomic E-state index is 11.2. The normalized spacial score (nSPS) is 15.1. The number of ether oxygens (including phenoxy) is 1. The lowest BCUT2D eigenvalue weighted by atomic mass is 10.0. The summed E-state index contributed by atoms with van der Waals surface area (Å²) in [5, 5.41) is 8.62. The van der Waals surface area contributed by atoms with Crippen molar-refractivity contribution in [3.63, 3.8) is 0 Å². The number of benzene rings is 1. The van der Waals surface area contributed by atoms with Crippen molar-refractivity contribution in [2.24, 2.45) is 11.1 Å². The van der Waals surface area contributed by atoms with E-state index in [1.54, 1.807) is 12.1 Å². The Balaban J connectivity index is 2.76. The zero-order valence-corrected chi connectivity index (χ0v) is 14.0.